The number of hydrazone groups is 1. The average molecular weight is 460 g/mol. The molecule has 1 aliphatic rings. The zero-order valence-corrected chi connectivity index (χ0v) is 18.0. The van der Waals surface area contributed by atoms with Crippen LogP contribution in [0.1, 0.15) is 30.5 Å². The second-order valence-electron chi connectivity index (χ2n) is 6.53. The molecule has 1 atom stereocenters. The van der Waals surface area contributed by atoms with Crippen molar-refractivity contribution < 1.29 is 21.2 Å². The van der Waals surface area contributed by atoms with Gasteiger partial charge in [-0.25, -0.2) is 21.2 Å². The number of anilines is 1. The summed E-state index contributed by atoms with van der Waals surface area (Å²) < 4.78 is 65.6. The Labute approximate surface area is 174 Å². The lowest BCUT2D eigenvalue weighted by molar-refractivity contribution is 0.363. The molecule has 0 radical (unpaired) electrons. The van der Waals surface area contributed by atoms with E-state index in [9.17, 15) is 21.2 Å². The van der Waals surface area contributed by atoms with Gasteiger partial charge in [0.15, 0.2) is 0 Å². The minimum Gasteiger partial charge on any atom is -0.284 e. The summed E-state index contributed by atoms with van der Waals surface area (Å²) >= 11 is 6.17. The number of sulfonamides is 2. The van der Waals surface area contributed by atoms with Gasteiger partial charge in [0, 0.05) is 22.7 Å². The van der Waals surface area contributed by atoms with Crippen LogP contribution in [-0.2, 0) is 20.0 Å². The lowest BCUT2D eigenvalue weighted by Crippen LogP contribution is -2.29. The Kier molecular flexibility index (Phi) is 5.88. The Balaban J connectivity index is 2.00. The van der Waals surface area contributed by atoms with Crippen molar-refractivity contribution in [2.75, 3.05) is 16.7 Å². The zero-order chi connectivity index (χ0) is 21.4. The van der Waals surface area contributed by atoms with Gasteiger partial charge in [-0.15, -0.1) is 0 Å². The lowest BCUT2D eigenvalue weighted by Gasteiger charge is -2.23. The summed E-state index contributed by atoms with van der Waals surface area (Å²) in [6.07, 6.45) is 1.16. The molecular formula is C18H19ClFN3O4S2. The Morgan fingerprint density at radius 2 is 1.83 bits per heavy atom. The molecule has 0 unspecified atom stereocenters. The van der Waals surface area contributed by atoms with Crippen molar-refractivity contribution in [1.82, 2.24) is 4.41 Å². The van der Waals surface area contributed by atoms with Crippen LogP contribution >= 0.6 is 11.6 Å². The molecule has 0 aromatic heterocycles. The predicted molar refractivity (Wildman–Crippen MR) is 112 cm³/mol. The summed E-state index contributed by atoms with van der Waals surface area (Å²) in [6.45, 7) is 1.48. The highest BCUT2D eigenvalue weighted by atomic mass is 35.5. The van der Waals surface area contributed by atoms with Crippen molar-refractivity contribution in [1.29, 1.82) is 0 Å². The molecule has 11 heteroatoms. The van der Waals surface area contributed by atoms with E-state index in [1.54, 1.807) is 24.3 Å². The van der Waals surface area contributed by atoms with E-state index in [0.717, 1.165) is 10.7 Å². The van der Waals surface area contributed by atoms with Crippen molar-refractivity contribution >= 4 is 43.0 Å². The zero-order valence-electron chi connectivity index (χ0n) is 15.6. The Hall–Kier alpha value is -2.17. The van der Waals surface area contributed by atoms with Gasteiger partial charge in [-0.05, 0) is 36.8 Å². The number of hydrogen-bond acceptors (Lipinski definition) is 5. The molecular weight excluding hydrogens is 441 g/mol. The summed E-state index contributed by atoms with van der Waals surface area (Å²) in [6, 6.07) is 9.59. The number of nitrogens with one attached hydrogen (secondary N) is 1. The van der Waals surface area contributed by atoms with Crippen molar-refractivity contribution in [2.24, 2.45) is 5.10 Å². The third-order valence-electron chi connectivity index (χ3n) is 4.38. The highest BCUT2D eigenvalue weighted by molar-refractivity contribution is 7.92. The highest BCUT2D eigenvalue weighted by Gasteiger charge is 2.38. The van der Waals surface area contributed by atoms with Gasteiger partial charge in [0.2, 0.25) is 20.0 Å². The first-order chi connectivity index (χ1) is 13.5. The molecule has 0 saturated heterocycles. The van der Waals surface area contributed by atoms with E-state index in [1.165, 1.54) is 25.1 Å². The molecule has 156 valence electrons. The normalized spacial score (nSPS) is 17.3. The van der Waals surface area contributed by atoms with Gasteiger partial charge in [-0.1, -0.05) is 29.8 Å². The summed E-state index contributed by atoms with van der Waals surface area (Å²) in [7, 11) is -7.19. The average Bonchev–Trinajstić information content (AvgIpc) is 3.07. The first-order valence-corrected chi connectivity index (χ1v) is 12.5. The van der Waals surface area contributed by atoms with Crippen molar-refractivity contribution in [3.8, 4) is 0 Å². The largest absolute Gasteiger partial charge is 0.284 e. The molecule has 29 heavy (non-hydrogen) atoms. The second-order valence-corrected chi connectivity index (χ2v) is 10.8. The topological polar surface area (TPSA) is 95.9 Å². The third kappa shape index (κ3) is 4.71. The predicted octanol–water partition coefficient (Wildman–Crippen LogP) is 3.35. The summed E-state index contributed by atoms with van der Waals surface area (Å²) in [5.74, 6) is -0.813. The smallest absolute Gasteiger partial charge is 0.250 e. The van der Waals surface area contributed by atoms with Crippen LogP contribution in [0.25, 0.3) is 0 Å². The molecule has 0 spiro atoms. The first-order valence-electron chi connectivity index (χ1n) is 8.63. The van der Waals surface area contributed by atoms with Gasteiger partial charge in [-0.3, -0.25) is 4.72 Å². The molecule has 3 rings (SSSR count). The lowest BCUT2D eigenvalue weighted by atomic mass is 9.98. The van der Waals surface area contributed by atoms with Crippen LogP contribution < -0.4 is 4.72 Å². The molecule has 2 aromatic rings. The van der Waals surface area contributed by atoms with Crippen LogP contribution in [0.15, 0.2) is 47.6 Å². The third-order valence-corrected chi connectivity index (χ3v) is 6.95. The van der Waals surface area contributed by atoms with Gasteiger partial charge in [0.25, 0.3) is 0 Å². The van der Waals surface area contributed by atoms with Gasteiger partial charge in [-0.2, -0.15) is 9.52 Å². The molecule has 0 fully saturated rings. The van der Waals surface area contributed by atoms with Gasteiger partial charge >= 0.3 is 0 Å². The number of benzene rings is 2. The van der Waals surface area contributed by atoms with Gasteiger partial charge in [0.1, 0.15) is 5.82 Å². The van der Waals surface area contributed by atoms with E-state index >= 15 is 0 Å². The summed E-state index contributed by atoms with van der Waals surface area (Å²) in [5, 5.41) is 4.36. The fourth-order valence-corrected chi connectivity index (χ4v) is 4.95. The Morgan fingerprint density at radius 1 is 1.17 bits per heavy atom. The summed E-state index contributed by atoms with van der Waals surface area (Å²) in [4.78, 5) is 0. The highest BCUT2D eigenvalue weighted by Crippen LogP contribution is 2.39. The van der Waals surface area contributed by atoms with Crippen molar-refractivity contribution in [3.05, 3.63) is 64.4 Å². The van der Waals surface area contributed by atoms with E-state index in [4.69, 9.17) is 11.6 Å². The molecule has 1 heterocycles. The maximum absolute atomic E-state index is 14.5. The Morgan fingerprint density at radius 3 is 2.38 bits per heavy atom. The van der Waals surface area contributed by atoms with Crippen LogP contribution in [0.3, 0.4) is 0 Å². The maximum atomic E-state index is 14.5. The second kappa shape index (κ2) is 7.92. The molecule has 2 aromatic carbocycles. The van der Waals surface area contributed by atoms with E-state index in [-0.39, 0.29) is 22.8 Å². The fraction of sp³-hybridized carbons (Fsp3) is 0.278. The van der Waals surface area contributed by atoms with Crippen molar-refractivity contribution in [3.63, 3.8) is 0 Å². The van der Waals surface area contributed by atoms with Crippen LogP contribution in [0.2, 0.25) is 5.02 Å². The van der Waals surface area contributed by atoms with Gasteiger partial charge in [0.05, 0.1) is 23.8 Å². The molecule has 0 bridgehead atoms. The Bertz CT molecular complexity index is 1150. The number of nitrogens with zero attached hydrogens (tertiary/aromatic N) is 2. The quantitative estimate of drug-likeness (QED) is 0.716. The van der Waals surface area contributed by atoms with Crippen LogP contribution in [0, 0.1) is 5.82 Å². The van der Waals surface area contributed by atoms with Crippen LogP contribution in [-0.4, -0.2) is 39.0 Å². The number of halogens is 2. The molecule has 0 saturated carbocycles. The SMILES string of the molecule is CCS(=O)(=O)N1N=C(c2ccc(NS(C)(=O)=O)cc2)C[C@@H]1c1c(F)cccc1Cl. The fourth-order valence-electron chi connectivity index (χ4n) is 3.04. The molecule has 0 amide bonds. The van der Waals surface area contributed by atoms with E-state index in [1.807, 2.05) is 0 Å². The molecule has 7 nitrogen and oxygen atoms in total. The maximum Gasteiger partial charge on any atom is 0.250 e. The minimum atomic E-state index is -3.77. The van der Waals surface area contributed by atoms with E-state index in [0.29, 0.717) is 17.0 Å². The van der Waals surface area contributed by atoms with E-state index in [2.05, 4.69) is 9.82 Å². The van der Waals surface area contributed by atoms with Crippen LogP contribution in [0.4, 0.5) is 10.1 Å². The number of rotatable bonds is 6. The van der Waals surface area contributed by atoms with Gasteiger partial charge < -0.3 is 0 Å². The van der Waals surface area contributed by atoms with E-state index < -0.39 is 31.9 Å². The molecule has 1 N–H and O–H groups in total. The van der Waals surface area contributed by atoms with Crippen molar-refractivity contribution in [2.45, 2.75) is 19.4 Å². The first kappa shape index (κ1) is 21.5. The standard InChI is InChI=1S/C18H19ClFN3O4S2/c1-3-29(26,27)23-17(18-14(19)5-4-6-15(18)20)11-16(21-23)12-7-9-13(10-8-12)22-28(2,24)25/h4-10,17,22H,3,11H2,1-2H3/t17-/m1/s1. The molecule has 0 aliphatic carbocycles. The minimum absolute atomic E-state index is 0.0697. The van der Waals surface area contributed by atoms with Crippen LogP contribution in [0.5, 0.6) is 0 Å². The summed E-state index contributed by atoms with van der Waals surface area (Å²) in [5.41, 5.74) is 1.45. The molecule has 1 aliphatic heterocycles. The monoisotopic (exact) mass is 459 g/mol. The number of hydrogen-bond donors (Lipinski definition) is 1.